The zero-order valence-corrected chi connectivity index (χ0v) is 19.6. The van der Waals surface area contributed by atoms with Crippen LogP contribution in [0.1, 0.15) is 10.4 Å². The lowest BCUT2D eigenvalue weighted by atomic mass is 10.3. The van der Waals surface area contributed by atoms with Crippen LogP contribution in [0.3, 0.4) is 0 Å². The Balaban J connectivity index is 1.46. The zero-order chi connectivity index (χ0) is 23.6. The Hall–Kier alpha value is -3.47. The van der Waals surface area contributed by atoms with Gasteiger partial charge in [0.1, 0.15) is 23.2 Å². The summed E-state index contributed by atoms with van der Waals surface area (Å²) in [6.07, 6.45) is 5.79. The monoisotopic (exact) mass is 473 g/mol. The SMILES string of the molecule is O=C(NCCOCC[P+](c1ccccc1)(c1ccccc1)c1cccnc1)c1ccc([18F])nc1. The number of pyridine rings is 2. The predicted octanol–water partition coefficient (Wildman–Crippen LogP) is 3.36. The molecule has 0 saturated heterocycles. The van der Waals surface area contributed by atoms with E-state index in [-0.39, 0.29) is 5.91 Å². The standard InChI is InChI=1S/C27H25FN3O2P/c28-26-14-13-22(20-31-26)27(32)30-16-17-33-18-19-34(23-8-3-1-4-9-23,24-10-5-2-6-11-24)25-12-7-15-29-21-25/h1-15,20-21H,16-19H2/p+1/i28-1. The average Bonchev–Trinajstić information content (AvgIpc) is 2.90. The van der Waals surface area contributed by atoms with Gasteiger partial charge in [0, 0.05) is 18.9 Å². The molecule has 0 atom stereocenters. The Bertz CT molecular complexity index is 1080. The first kappa shape index (κ1) is 23.7. The van der Waals surface area contributed by atoms with Crippen LogP contribution in [0.15, 0.2) is 104 Å². The van der Waals surface area contributed by atoms with E-state index in [0.717, 1.165) is 6.16 Å². The van der Waals surface area contributed by atoms with Gasteiger partial charge in [0.25, 0.3) is 5.91 Å². The van der Waals surface area contributed by atoms with E-state index in [1.54, 1.807) is 6.20 Å². The van der Waals surface area contributed by atoms with Crippen LogP contribution < -0.4 is 21.2 Å². The van der Waals surface area contributed by atoms with Crippen molar-refractivity contribution in [3.63, 3.8) is 0 Å². The molecular weight excluding hydrogens is 447 g/mol. The molecule has 0 spiro atoms. The zero-order valence-electron chi connectivity index (χ0n) is 18.7. The van der Waals surface area contributed by atoms with Gasteiger partial charge >= 0.3 is 0 Å². The minimum absolute atomic E-state index is 0.304. The Labute approximate surface area is 199 Å². The fourth-order valence-corrected chi connectivity index (χ4v) is 7.97. The topological polar surface area (TPSA) is 64.1 Å². The van der Waals surface area contributed by atoms with Gasteiger partial charge in [0.05, 0.1) is 31.1 Å². The Morgan fingerprint density at radius 2 is 1.50 bits per heavy atom. The summed E-state index contributed by atoms with van der Waals surface area (Å²) in [7, 11) is -1.99. The van der Waals surface area contributed by atoms with Crippen molar-refractivity contribution in [2.75, 3.05) is 25.9 Å². The number of ether oxygens (including phenoxy) is 1. The molecule has 0 aliphatic carbocycles. The molecule has 0 saturated carbocycles. The van der Waals surface area contributed by atoms with Crippen molar-refractivity contribution in [1.29, 1.82) is 0 Å². The maximum Gasteiger partial charge on any atom is 0.252 e. The highest BCUT2D eigenvalue weighted by Gasteiger charge is 2.45. The molecule has 4 aromatic rings. The Morgan fingerprint density at radius 1 is 0.824 bits per heavy atom. The van der Waals surface area contributed by atoms with Gasteiger partial charge in [-0.1, -0.05) is 36.4 Å². The fourth-order valence-electron chi connectivity index (χ4n) is 3.93. The first-order chi connectivity index (χ1) is 16.7. The Kier molecular flexibility index (Phi) is 8.08. The van der Waals surface area contributed by atoms with Gasteiger partial charge in [-0.3, -0.25) is 9.78 Å². The third-order valence-electron chi connectivity index (χ3n) is 5.57. The maximum absolute atomic E-state index is 12.9. The van der Waals surface area contributed by atoms with Crippen molar-refractivity contribution in [1.82, 2.24) is 15.3 Å². The van der Waals surface area contributed by atoms with E-state index in [1.807, 2.05) is 24.4 Å². The normalized spacial score (nSPS) is 11.2. The van der Waals surface area contributed by atoms with Crippen LogP contribution in [0, 0.1) is 5.95 Å². The molecule has 1 N–H and O–H groups in total. The summed E-state index contributed by atoms with van der Waals surface area (Å²) in [5.74, 6) is -0.918. The van der Waals surface area contributed by atoms with E-state index in [1.165, 1.54) is 34.2 Å². The highest BCUT2D eigenvalue weighted by Crippen LogP contribution is 2.54. The van der Waals surface area contributed by atoms with E-state index in [2.05, 4.69) is 69.9 Å². The number of hydrogen-bond donors (Lipinski definition) is 1. The van der Waals surface area contributed by atoms with E-state index in [0.29, 0.717) is 25.3 Å². The first-order valence-electron chi connectivity index (χ1n) is 11.1. The molecule has 2 aromatic carbocycles. The summed E-state index contributed by atoms with van der Waals surface area (Å²) in [6.45, 7) is 1.25. The highest BCUT2D eigenvalue weighted by atomic mass is 31.2. The lowest BCUT2D eigenvalue weighted by Crippen LogP contribution is -2.35. The molecule has 172 valence electrons. The summed E-state index contributed by atoms with van der Waals surface area (Å²) < 4.78 is 18.9. The molecular formula is C27H26FN3O2P+. The second-order valence-corrected chi connectivity index (χ2v) is 11.3. The highest BCUT2D eigenvalue weighted by molar-refractivity contribution is 7.95. The lowest BCUT2D eigenvalue weighted by molar-refractivity contribution is 0.0923. The number of carbonyl (C=O) groups excluding carboxylic acids is 1. The smallest absolute Gasteiger partial charge is 0.252 e. The van der Waals surface area contributed by atoms with Gasteiger partial charge < -0.3 is 10.1 Å². The summed E-state index contributed by atoms with van der Waals surface area (Å²) in [4.78, 5) is 20.1. The largest absolute Gasteiger partial charge is 0.376 e. The number of hydrogen-bond acceptors (Lipinski definition) is 4. The van der Waals surface area contributed by atoms with Crippen molar-refractivity contribution in [2.45, 2.75) is 0 Å². The minimum atomic E-state index is -1.99. The predicted molar refractivity (Wildman–Crippen MR) is 135 cm³/mol. The van der Waals surface area contributed by atoms with E-state index < -0.39 is 13.2 Å². The number of benzene rings is 2. The van der Waals surface area contributed by atoms with E-state index in [4.69, 9.17) is 4.74 Å². The molecule has 0 aliphatic heterocycles. The second-order valence-electron chi connectivity index (χ2n) is 7.65. The van der Waals surface area contributed by atoms with Gasteiger partial charge in [-0.15, -0.1) is 0 Å². The first-order valence-corrected chi connectivity index (χ1v) is 13.0. The molecule has 0 radical (unpaired) electrons. The van der Waals surface area contributed by atoms with E-state index >= 15 is 0 Å². The van der Waals surface area contributed by atoms with Gasteiger partial charge in [0.15, 0.2) is 0 Å². The van der Waals surface area contributed by atoms with Crippen molar-refractivity contribution >= 4 is 29.1 Å². The van der Waals surface area contributed by atoms with Crippen LogP contribution in [-0.2, 0) is 4.74 Å². The van der Waals surface area contributed by atoms with Gasteiger partial charge in [-0.05, 0) is 48.5 Å². The number of carbonyl (C=O) groups is 1. The fraction of sp³-hybridized carbons (Fsp3) is 0.148. The number of halogens is 1. The molecule has 4 rings (SSSR count). The molecule has 7 heteroatoms. The van der Waals surface area contributed by atoms with Crippen molar-refractivity contribution in [2.24, 2.45) is 0 Å². The van der Waals surface area contributed by atoms with Crippen LogP contribution >= 0.6 is 7.26 Å². The minimum Gasteiger partial charge on any atom is -0.376 e. The molecule has 1 amide bonds. The number of rotatable bonds is 10. The second kappa shape index (κ2) is 11.6. The van der Waals surface area contributed by atoms with Gasteiger partial charge in [-0.2, -0.15) is 4.39 Å². The third kappa shape index (κ3) is 5.53. The molecule has 2 aromatic heterocycles. The lowest BCUT2D eigenvalue weighted by Gasteiger charge is -2.27. The summed E-state index contributed by atoms with van der Waals surface area (Å²) >= 11 is 0. The molecule has 5 nitrogen and oxygen atoms in total. The number of nitrogens with zero attached hydrogens (tertiary/aromatic N) is 2. The molecule has 0 fully saturated rings. The van der Waals surface area contributed by atoms with Crippen molar-refractivity contribution in [3.05, 3.63) is 115 Å². The molecule has 0 aliphatic rings. The van der Waals surface area contributed by atoms with Gasteiger partial charge in [-0.25, -0.2) is 4.98 Å². The molecule has 0 unspecified atom stereocenters. The molecule has 0 bridgehead atoms. The van der Waals surface area contributed by atoms with E-state index in [9.17, 15) is 9.18 Å². The summed E-state index contributed by atoms with van der Waals surface area (Å²) in [5, 5.41) is 6.53. The van der Waals surface area contributed by atoms with Crippen LogP contribution in [-0.4, -0.2) is 41.8 Å². The summed E-state index contributed by atoms with van der Waals surface area (Å²) in [5.41, 5.74) is 0.316. The Morgan fingerprint density at radius 3 is 2.09 bits per heavy atom. The average molecular weight is 473 g/mol. The quantitative estimate of drug-likeness (QED) is 0.218. The van der Waals surface area contributed by atoms with Crippen molar-refractivity contribution in [3.8, 4) is 0 Å². The molecule has 2 heterocycles. The third-order valence-corrected chi connectivity index (χ3v) is 9.93. The van der Waals surface area contributed by atoms with Crippen molar-refractivity contribution < 1.29 is 13.9 Å². The molecule has 34 heavy (non-hydrogen) atoms. The summed E-state index contributed by atoms with van der Waals surface area (Å²) in [6, 6.07) is 27.8. The van der Waals surface area contributed by atoms with Crippen LogP contribution in [0.25, 0.3) is 0 Å². The van der Waals surface area contributed by atoms with Crippen LogP contribution in [0.2, 0.25) is 0 Å². The van der Waals surface area contributed by atoms with Gasteiger partial charge in [0.2, 0.25) is 5.95 Å². The number of aromatic nitrogens is 2. The van der Waals surface area contributed by atoms with Crippen LogP contribution in [0.4, 0.5) is 4.39 Å². The van der Waals surface area contributed by atoms with Crippen LogP contribution in [0.5, 0.6) is 0 Å². The number of amides is 1. The number of nitrogens with one attached hydrogen (secondary N) is 1. The maximum atomic E-state index is 12.9.